The predicted molar refractivity (Wildman–Crippen MR) is 87.3 cm³/mol. The van der Waals surface area contributed by atoms with Crippen LogP contribution in [0.4, 0.5) is 0 Å². The number of halogens is 1. The van der Waals surface area contributed by atoms with Crippen LogP contribution in [0.3, 0.4) is 0 Å². The largest absolute Gasteiger partial charge is 0.337 e. The van der Waals surface area contributed by atoms with Gasteiger partial charge in [0.05, 0.1) is 15.0 Å². The van der Waals surface area contributed by atoms with Crippen LogP contribution < -0.4 is 0 Å². The van der Waals surface area contributed by atoms with Gasteiger partial charge in [0, 0.05) is 18.1 Å². The first-order chi connectivity index (χ1) is 10.5. The van der Waals surface area contributed by atoms with Crippen molar-refractivity contribution in [3.05, 3.63) is 51.7 Å². The van der Waals surface area contributed by atoms with Gasteiger partial charge in [0.15, 0.2) is 9.84 Å². The molecular weight excluding hydrogens is 342 g/mol. The highest BCUT2D eigenvalue weighted by Crippen LogP contribution is 2.26. The van der Waals surface area contributed by atoms with E-state index in [0.29, 0.717) is 22.9 Å². The van der Waals surface area contributed by atoms with Gasteiger partial charge in [-0.1, -0.05) is 17.7 Å². The normalized spacial score (nSPS) is 18.6. The molecule has 1 aromatic carbocycles. The molecule has 116 valence electrons. The minimum absolute atomic E-state index is 0.0937. The fourth-order valence-corrected chi connectivity index (χ4v) is 5.05. The van der Waals surface area contributed by atoms with E-state index in [0.717, 1.165) is 0 Å². The topological polar surface area (TPSA) is 54.5 Å². The third kappa shape index (κ3) is 2.91. The van der Waals surface area contributed by atoms with Crippen LogP contribution >= 0.6 is 22.9 Å². The zero-order valence-corrected chi connectivity index (χ0v) is 14.0. The van der Waals surface area contributed by atoms with Crippen LogP contribution in [-0.2, 0) is 9.84 Å². The van der Waals surface area contributed by atoms with Crippen LogP contribution in [0.1, 0.15) is 16.1 Å². The van der Waals surface area contributed by atoms with Crippen molar-refractivity contribution in [2.24, 2.45) is 0 Å². The summed E-state index contributed by atoms with van der Waals surface area (Å²) in [7, 11) is -3.44. The number of carbonyl (C=O) groups is 1. The summed E-state index contributed by atoms with van der Waals surface area (Å²) in [5, 5.41) is 1.78. The van der Waals surface area contributed by atoms with Gasteiger partial charge >= 0.3 is 0 Å². The molecule has 22 heavy (non-hydrogen) atoms. The zero-order chi connectivity index (χ0) is 15.7. The van der Waals surface area contributed by atoms with Crippen LogP contribution in [0.15, 0.2) is 46.7 Å². The molecule has 1 atom stereocenters. The van der Waals surface area contributed by atoms with Crippen LogP contribution in [0, 0.1) is 0 Å². The van der Waals surface area contributed by atoms with Crippen molar-refractivity contribution in [3.63, 3.8) is 0 Å². The average molecular weight is 356 g/mol. The maximum Gasteiger partial charge on any atom is 0.263 e. The molecule has 3 rings (SSSR count). The molecule has 0 N–H and O–H groups in total. The number of rotatable bonds is 3. The van der Waals surface area contributed by atoms with Gasteiger partial charge in [-0.25, -0.2) is 8.42 Å². The SMILES string of the molecule is O=C(c1cccs1)N1CCC(S(=O)(=O)c2ccc(Cl)cc2)C1. The Hall–Kier alpha value is -1.37. The number of sulfone groups is 1. The summed E-state index contributed by atoms with van der Waals surface area (Å²) in [6.07, 6.45) is 0.460. The van der Waals surface area contributed by atoms with Crippen molar-refractivity contribution in [2.75, 3.05) is 13.1 Å². The van der Waals surface area contributed by atoms with E-state index in [-0.39, 0.29) is 17.3 Å². The molecule has 0 saturated carbocycles. The molecule has 7 heteroatoms. The first-order valence-corrected chi connectivity index (χ1v) is 9.61. The number of thiophene rings is 1. The van der Waals surface area contributed by atoms with E-state index in [1.54, 1.807) is 23.1 Å². The van der Waals surface area contributed by atoms with Gasteiger partial charge in [-0.15, -0.1) is 11.3 Å². The summed E-state index contributed by atoms with van der Waals surface area (Å²) in [5.41, 5.74) is 0. The first kappa shape index (κ1) is 15.5. The molecular formula is C15H14ClNO3S2. The van der Waals surface area contributed by atoms with Gasteiger partial charge in [0.2, 0.25) is 0 Å². The summed E-state index contributed by atoms with van der Waals surface area (Å²) in [5.74, 6) is -0.0937. The number of carbonyl (C=O) groups excluding carboxylic acids is 1. The van der Waals surface area contributed by atoms with E-state index in [2.05, 4.69) is 0 Å². The Morgan fingerprint density at radius 3 is 2.59 bits per heavy atom. The lowest BCUT2D eigenvalue weighted by atomic mass is 10.4. The summed E-state index contributed by atoms with van der Waals surface area (Å²) in [6, 6.07) is 9.74. The molecule has 0 spiro atoms. The second kappa shape index (κ2) is 6.02. The predicted octanol–water partition coefficient (Wildman–Crippen LogP) is 3.09. The Labute approximate surface area is 138 Å². The molecule has 0 bridgehead atoms. The first-order valence-electron chi connectivity index (χ1n) is 6.81. The summed E-state index contributed by atoms with van der Waals surface area (Å²) in [6.45, 7) is 0.704. The molecule has 1 aliphatic heterocycles. The Kier molecular flexibility index (Phi) is 4.25. The highest BCUT2D eigenvalue weighted by molar-refractivity contribution is 7.92. The van der Waals surface area contributed by atoms with Crippen molar-refractivity contribution in [3.8, 4) is 0 Å². The van der Waals surface area contributed by atoms with Gasteiger partial charge in [0.1, 0.15) is 0 Å². The molecule has 1 aliphatic rings. The van der Waals surface area contributed by atoms with E-state index in [1.807, 2.05) is 11.4 Å². The molecule has 1 amide bonds. The number of amides is 1. The third-order valence-corrected chi connectivity index (χ3v) is 7.05. The maximum absolute atomic E-state index is 12.6. The lowest BCUT2D eigenvalue weighted by Crippen LogP contribution is -2.31. The molecule has 2 heterocycles. The van der Waals surface area contributed by atoms with Crippen LogP contribution in [0.5, 0.6) is 0 Å². The minimum atomic E-state index is -3.44. The number of benzene rings is 1. The van der Waals surface area contributed by atoms with Crippen molar-refractivity contribution in [2.45, 2.75) is 16.6 Å². The third-order valence-electron chi connectivity index (χ3n) is 3.75. The molecule has 1 fully saturated rings. The second-order valence-electron chi connectivity index (χ2n) is 5.14. The van der Waals surface area contributed by atoms with Gasteiger partial charge in [0.25, 0.3) is 5.91 Å². The average Bonchev–Trinajstić information content (AvgIpc) is 3.19. The van der Waals surface area contributed by atoms with Crippen molar-refractivity contribution in [1.82, 2.24) is 4.90 Å². The molecule has 1 aromatic heterocycles. The van der Waals surface area contributed by atoms with Gasteiger partial charge in [-0.05, 0) is 42.1 Å². The molecule has 0 aliphatic carbocycles. The number of hydrogen-bond donors (Lipinski definition) is 0. The smallest absolute Gasteiger partial charge is 0.263 e. The fourth-order valence-electron chi connectivity index (χ4n) is 2.54. The van der Waals surface area contributed by atoms with Crippen molar-refractivity contribution >= 4 is 38.7 Å². The Morgan fingerprint density at radius 2 is 1.95 bits per heavy atom. The highest BCUT2D eigenvalue weighted by atomic mass is 35.5. The van der Waals surface area contributed by atoms with E-state index in [9.17, 15) is 13.2 Å². The lowest BCUT2D eigenvalue weighted by Gasteiger charge is -2.16. The second-order valence-corrected chi connectivity index (χ2v) is 8.75. The molecule has 4 nitrogen and oxygen atoms in total. The monoisotopic (exact) mass is 355 g/mol. The quantitative estimate of drug-likeness (QED) is 0.850. The molecule has 1 saturated heterocycles. The Morgan fingerprint density at radius 1 is 1.23 bits per heavy atom. The standard InChI is InChI=1S/C15H14ClNO3S2/c16-11-3-5-12(6-4-11)22(19,20)13-7-8-17(10-13)15(18)14-2-1-9-21-14/h1-6,9,13H,7-8,10H2. The maximum atomic E-state index is 12.6. The Bertz CT molecular complexity index is 770. The molecule has 1 unspecified atom stereocenters. The van der Waals surface area contributed by atoms with Crippen molar-refractivity contribution in [1.29, 1.82) is 0 Å². The van der Waals surface area contributed by atoms with Gasteiger partial charge in [-0.2, -0.15) is 0 Å². The highest BCUT2D eigenvalue weighted by Gasteiger charge is 2.36. The molecule has 2 aromatic rings. The van der Waals surface area contributed by atoms with Gasteiger partial charge in [-0.3, -0.25) is 4.79 Å². The number of likely N-dealkylation sites (tertiary alicyclic amines) is 1. The van der Waals surface area contributed by atoms with Crippen LogP contribution in [0.25, 0.3) is 0 Å². The van der Waals surface area contributed by atoms with Crippen LogP contribution in [0.2, 0.25) is 5.02 Å². The minimum Gasteiger partial charge on any atom is -0.337 e. The van der Waals surface area contributed by atoms with E-state index in [1.165, 1.54) is 23.5 Å². The summed E-state index contributed by atoms with van der Waals surface area (Å²) >= 11 is 7.17. The van der Waals surface area contributed by atoms with Crippen LogP contribution in [-0.4, -0.2) is 37.6 Å². The number of nitrogens with zero attached hydrogens (tertiary/aromatic N) is 1. The van der Waals surface area contributed by atoms with E-state index >= 15 is 0 Å². The van der Waals surface area contributed by atoms with Crippen molar-refractivity contribution < 1.29 is 13.2 Å². The number of hydrogen-bond acceptors (Lipinski definition) is 4. The lowest BCUT2D eigenvalue weighted by molar-refractivity contribution is 0.0798. The molecule has 0 radical (unpaired) electrons. The zero-order valence-electron chi connectivity index (χ0n) is 11.6. The van der Waals surface area contributed by atoms with E-state index in [4.69, 9.17) is 11.6 Å². The van der Waals surface area contributed by atoms with E-state index < -0.39 is 15.1 Å². The Balaban J connectivity index is 1.77. The summed E-state index contributed by atoms with van der Waals surface area (Å²) < 4.78 is 25.2. The fraction of sp³-hybridized carbons (Fsp3) is 0.267. The summed E-state index contributed by atoms with van der Waals surface area (Å²) in [4.78, 5) is 14.8. The van der Waals surface area contributed by atoms with Gasteiger partial charge < -0.3 is 4.90 Å².